The summed E-state index contributed by atoms with van der Waals surface area (Å²) >= 11 is 0. The van der Waals surface area contributed by atoms with Crippen LogP contribution in [0.3, 0.4) is 0 Å². The minimum atomic E-state index is -0.157. The Balaban J connectivity index is 1.95. The molecule has 3 rings (SSSR count). The van der Waals surface area contributed by atoms with Crippen LogP contribution in [0.1, 0.15) is 18.6 Å². The highest BCUT2D eigenvalue weighted by molar-refractivity contribution is 5.85. The Hall–Kier alpha value is -2.26. The van der Waals surface area contributed by atoms with Gasteiger partial charge in [-0.15, -0.1) is 0 Å². The summed E-state index contributed by atoms with van der Waals surface area (Å²) in [5, 5.41) is 1.08. The normalized spacial score (nSPS) is 14.1. The lowest BCUT2D eigenvalue weighted by atomic mass is 10.0. The van der Waals surface area contributed by atoms with E-state index in [4.69, 9.17) is 10.5 Å². The first kappa shape index (κ1) is 12.8. The average Bonchev–Trinajstić information content (AvgIpc) is 2.88. The van der Waals surface area contributed by atoms with Crippen molar-refractivity contribution in [3.8, 4) is 5.75 Å². The zero-order valence-electron chi connectivity index (χ0n) is 11.4. The van der Waals surface area contributed by atoms with Crippen LogP contribution in [0, 0.1) is 0 Å². The number of nitrogens with two attached hydrogens (primary N) is 1. The van der Waals surface area contributed by atoms with Crippen molar-refractivity contribution in [1.82, 2.24) is 4.98 Å². The number of nitrogens with one attached hydrogen (secondary N) is 1. The van der Waals surface area contributed by atoms with Crippen molar-refractivity contribution in [3.63, 3.8) is 0 Å². The molecule has 0 saturated heterocycles. The third-order valence-corrected chi connectivity index (χ3v) is 3.41. The van der Waals surface area contributed by atoms with Crippen molar-refractivity contribution < 1.29 is 4.74 Å². The highest BCUT2D eigenvalue weighted by Gasteiger charge is 2.19. The first-order valence-electron chi connectivity index (χ1n) is 6.79. The topological polar surface area (TPSA) is 51.0 Å². The van der Waals surface area contributed by atoms with Gasteiger partial charge in [-0.1, -0.05) is 42.5 Å². The number of para-hydroxylation sites is 1. The first-order chi connectivity index (χ1) is 9.75. The van der Waals surface area contributed by atoms with Gasteiger partial charge in [0.15, 0.2) is 0 Å². The van der Waals surface area contributed by atoms with Crippen LogP contribution in [0.5, 0.6) is 5.75 Å². The monoisotopic (exact) mass is 266 g/mol. The summed E-state index contributed by atoms with van der Waals surface area (Å²) in [6.45, 7) is 1.96. The minimum absolute atomic E-state index is 0.0916. The fourth-order valence-corrected chi connectivity index (χ4v) is 2.40. The molecule has 2 aromatic carbocycles. The maximum absolute atomic E-state index is 6.16. The molecule has 3 nitrogen and oxygen atoms in total. The highest BCUT2D eigenvalue weighted by Crippen LogP contribution is 2.30. The van der Waals surface area contributed by atoms with Crippen LogP contribution in [0.25, 0.3) is 10.9 Å². The molecule has 0 spiro atoms. The Morgan fingerprint density at radius 3 is 2.45 bits per heavy atom. The Kier molecular flexibility index (Phi) is 3.44. The van der Waals surface area contributed by atoms with Crippen LogP contribution in [-0.2, 0) is 0 Å². The Morgan fingerprint density at radius 1 is 1.00 bits per heavy atom. The molecule has 0 radical (unpaired) electrons. The second kappa shape index (κ2) is 5.39. The largest absolute Gasteiger partial charge is 0.482 e. The molecule has 3 N–H and O–H groups in total. The number of aromatic nitrogens is 1. The lowest BCUT2D eigenvalue weighted by Crippen LogP contribution is -2.28. The van der Waals surface area contributed by atoms with Crippen molar-refractivity contribution >= 4 is 10.9 Å². The predicted molar refractivity (Wildman–Crippen MR) is 81.8 cm³/mol. The first-order valence-corrected chi connectivity index (χ1v) is 6.79. The molecule has 0 aliphatic rings. The summed E-state index contributed by atoms with van der Waals surface area (Å²) in [5.74, 6) is 0.840. The average molecular weight is 266 g/mol. The molecular weight excluding hydrogens is 248 g/mol. The number of ether oxygens (including phenoxy) is 1. The minimum Gasteiger partial charge on any atom is -0.482 e. The van der Waals surface area contributed by atoms with E-state index in [9.17, 15) is 0 Å². The third kappa shape index (κ3) is 2.40. The molecule has 2 atom stereocenters. The zero-order chi connectivity index (χ0) is 13.9. The summed E-state index contributed by atoms with van der Waals surface area (Å²) in [6.07, 6.45) is 1.73. The van der Waals surface area contributed by atoms with Gasteiger partial charge in [-0.05, 0) is 24.6 Å². The summed E-state index contributed by atoms with van der Waals surface area (Å²) in [7, 11) is 0. The molecular formula is C17H18N2O. The lowest BCUT2D eigenvalue weighted by molar-refractivity contribution is 0.183. The van der Waals surface area contributed by atoms with E-state index in [1.165, 1.54) is 0 Å². The lowest BCUT2D eigenvalue weighted by Gasteiger charge is -2.22. The molecule has 20 heavy (non-hydrogen) atoms. The molecule has 0 amide bonds. The van der Waals surface area contributed by atoms with E-state index >= 15 is 0 Å². The van der Waals surface area contributed by atoms with Gasteiger partial charge in [-0.2, -0.15) is 0 Å². The van der Waals surface area contributed by atoms with Crippen LogP contribution in [0.4, 0.5) is 0 Å². The van der Waals surface area contributed by atoms with Crippen molar-refractivity contribution in [2.45, 2.75) is 19.1 Å². The van der Waals surface area contributed by atoms with Crippen molar-refractivity contribution in [3.05, 3.63) is 66.4 Å². The molecule has 102 valence electrons. The molecule has 0 aliphatic carbocycles. The number of hydrogen-bond acceptors (Lipinski definition) is 2. The molecule has 1 aromatic heterocycles. The van der Waals surface area contributed by atoms with Crippen LogP contribution in [0.15, 0.2) is 60.8 Å². The summed E-state index contributed by atoms with van der Waals surface area (Å²) in [4.78, 5) is 3.22. The maximum atomic E-state index is 6.16. The van der Waals surface area contributed by atoms with Gasteiger partial charge in [-0.25, -0.2) is 0 Å². The van der Waals surface area contributed by atoms with Crippen LogP contribution < -0.4 is 10.5 Å². The van der Waals surface area contributed by atoms with Crippen molar-refractivity contribution in [2.75, 3.05) is 0 Å². The van der Waals surface area contributed by atoms with E-state index in [1.807, 2.05) is 67.7 Å². The number of aromatic amines is 1. The highest BCUT2D eigenvalue weighted by atomic mass is 16.5. The molecule has 0 saturated carbocycles. The van der Waals surface area contributed by atoms with Gasteiger partial charge in [0.05, 0.1) is 0 Å². The van der Waals surface area contributed by atoms with Gasteiger partial charge in [-0.3, -0.25) is 0 Å². The van der Waals surface area contributed by atoms with Crippen LogP contribution >= 0.6 is 0 Å². The fraction of sp³-hybridized carbons (Fsp3) is 0.176. The molecule has 0 bridgehead atoms. The van der Waals surface area contributed by atoms with Gasteiger partial charge in [0, 0.05) is 23.1 Å². The van der Waals surface area contributed by atoms with Gasteiger partial charge in [0.25, 0.3) is 0 Å². The number of fused-ring (bicyclic) bond motifs is 1. The van der Waals surface area contributed by atoms with Gasteiger partial charge < -0.3 is 15.5 Å². The Morgan fingerprint density at radius 2 is 1.70 bits per heavy atom. The van der Waals surface area contributed by atoms with E-state index in [-0.39, 0.29) is 12.1 Å². The number of hydrogen-bond donors (Lipinski definition) is 2. The maximum Gasteiger partial charge on any atom is 0.145 e. The number of rotatable bonds is 4. The molecule has 1 heterocycles. The molecule has 0 aliphatic heterocycles. The van der Waals surface area contributed by atoms with Crippen molar-refractivity contribution in [2.24, 2.45) is 5.73 Å². The summed E-state index contributed by atoms with van der Waals surface area (Å²) in [5.41, 5.74) is 8.25. The van der Waals surface area contributed by atoms with Crippen molar-refractivity contribution in [1.29, 1.82) is 0 Å². The molecule has 2 unspecified atom stereocenters. The summed E-state index contributed by atoms with van der Waals surface area (Å²) < 4.78 is 6.16. The standard InChI is InChI=1S/C17H18N2O/c1-12(18)17(13-7-3-2-4-8-13)20-16-11-19-15-10-6-5-9-14(15)16/h2-12,17,19H,18H2,1H3. The van der Waals surface area contributed by atoms with E-state index in [0.717, 1.165) is 22.2 Å². The third-order valence-electron chi connectivity index (χ3n) is 3.41. The molecule has 0 fully saturated rings. The van der Waals surface area contributed by atoms with Crippen LogP contribution in [0.2, 0.25) is 0 Å². The van der Waals surface area contributed by atoms with Gasteiger partial charge >= 0.3 is 0 Å². The smallest absolute Gasteiger partial charge is 0.145 e. The quantitative estimate of drug-likeness (QED) is 0.757. The second-order valence-electron chi connectivity index (χ2n) is 5.01. The number of H-pyrrole nitrogens is 1. The van der Waals surface area contributed by atoms with E-state index in [1.54, 1.807) is 0 Å². The van der Waals surface area contributed by atoms with E-state index < -0.39 is 0 Å². The SMILES string of the molecule is CC(N)C(Oc1c[nH]c2ccccc12)c1ccccc1. The van der Waals surface area contributed by atoms with E-state index in [2.05, 4.69) is 4.98 Å². The van der Waals surface area contributed by atoms with Gasteiger partial charge in [0.1, 0.15) is 11.9 Å². The fourth-order valence-electron chi connectivity index (χ4n) is 2.40. The van der Waals surface area contributed by atoms with Gasteiger partial charge in [0.2, 0.25) is 0 Å². The second-order valence-corrected chi connectivity index (χ2v) is 5.01. The molecule has 3 aromatic rings. The zero-order valence-corrected chi connectivity index (χ0v) is 11.4. The Labute approximate surface area is 118 Å². The van der Waals surface area contributed by atoms with E-state index in [0.29, 0.717) is 0 Å². The predicted octanol–water partition coefficient (Wildman–Crippen LogP) is 3.64. The Bertz CT molecular complexity index is 688. The summed E-state index contributed by atoms with van der Waals surface area (Å²) in [6, 6.07) is 18.1. The number of benzene rings is 2. The molecule has 3 heteroatoms. The van der Waals surface area contributed by atoms with Crippen LogP contribution in [-0.4, -0.2) is 11.0 Å².